The molecule has 1 N–H and O–H groups in total. The summed E-state index contributed by atoms with van der Waals surface area (Å²) in [5.74, 6) is 0. The summed E-state index contributed by atoms with van der Waals surface area (Å²) in [7, 11) is 0. The van der Waals surface area contributed by atoms with Crippen LogP contribution in [0, 0.1) is 0 Å². The Balaban J connectivity index is 1.88. The fourth-order valence-electron chi connectivity index (χ4n) is 2.65. The third-order valence-corrected chi connectivity index (χ3v) is 6.29. The lowest BCUT2D eigenvalue weighted by Gasteiger charge is -2.08. The lowest BCUT2D eigenvalue weighted by atomic mass is 10.1. The molecule has 4 heteroatoms. The summed E-state index contributed by atoms with van der Waals surface area (Å²) in [5, 5.41) is 2.52. The Morgan fingerprint density at radius 2 is 1.76 bits per heavy atom. The van der Waals surface area contributed by atoms with Gasteiger partial charge in [-0.2, -0.15) is 0 Å². The van der Waals surface area contributed by atoms with Crippen LogP contribution >= 0.6 is 38.9 Å². The average molecular weight is 377 g/mol. The smallest absolute Gasteiger partial charge is 0.0931 e. The molecule has 1 unspecified atom stereocenters. The molecule has 0 spiro atoms. The van der Waals surface area contributed by atoms with Gasteiger partial charge in [0.15, 0.2) is 0 Å². The monoisotopic (exact) mass is 375 g/mol. The first-order chi connectivity index (χ1) is 10.2. The Morgan fingerprint density at radius 1 is 0.952 bits per heavy atom. The number of alkyl halides is 1. The van der Waals surface area contributed by atoms with Crippen molar-refractivity contribution in [2.45, 2.75) is 4.83 Å². The second kappa shape index (κ2) is 5.16. The molecule has 0 saturated heterocycles. The molecule has 0 aliphatic heterocycles. The summed E-state index contributed by atoms with van der Waals surface area (Å²) in [6.45, 7) is 0. The molecule has 0 fully saturated rings. The van der Waals surface area contributed by atoms with Gasteiger partial charge in [-0.05, 0) is 35.9 Å². The zero-order chi connectivity index (χ0) is 14.4. The molecule has 1 atom stereocenters. The number of halogens is 2. The van der Waals surface area contributed by atoms with Gasteiger partial charge in [0, 0.05) is 26.7 Å². The van der Waals surface area contributed by atoms with Gasteiger partial charge in [0.05, 0.1) is 9.16 Å². The molecule has 2 heterocycles. The highest BCUT2D eigenvalue weighted by atomic mass is 79.9. The predicted octanol–water partition coefficient (Wildman–Crippen LogP) is 6.52. The lowest BCUT2D eigenvalue weighted by molar-refractivity contribution is 1.23. The average Bonchev–Trinajstić information content (AvgIpc) is 3.09. The zero-order valence-electron chi connectivity index (χ0n) is 10.9. The summed E-state index contributed by atoms with van der Waals surface area (Å²) < 4.78 is 0.822. The third-order valence-electron chi connectivity index (χ3n) is 3.67. The van der Waals surface area contributed by atoms with E-state index in [1.165, 1.54) is 32.2 Å². The Labute approximate surface area is 139 Å². The van der Waals surface area contributed by atoms with E-state index in [-0.39, 0.29) is 4.83 Å². The second-order valence-corrected chi connectivity index (χ2v) is 7.64. The summed E-state index contributed by atoms with van der Waals surface area (Å²) in [5.41, 5.74) is 3.59. The van der Waals surface area contributed by atoms with Crippen LogP contribution in [0.3, 0.4) is 0 Å². The molecule has 2 aromatic heterocycles. The van der Waals surface area contributed by atoms with E-state index < -0.39 is 0 Å². The van der Waals surface area contributed by atoms with Crippen LogP contribution in [0.5, 0.6) is 0 Å². The van der Waals surface area contributed by atoms with Gasteiger partial charge in [0.2, 0.25) is 0 Å². The van der Waals surface area contributed by atoms with E-state index in [9.17, 15) is 0 Å². The number of nitrogens with one attached hydrogen (secondary N) is 1. The number of H-pyrrole nitrogens is 1. The minimum atomic E-state index is 0.174. The van der Waals surface area contributed by atoms with Gasteiger partial charge >= 0.3 is 0 Å². The largest absolute Gasteiger partial charge is 0.355 e. The van der Waals surface area contributed by atoms with Gasteiger partial charge in [0.1, 0.15) is 0 Å². The van der Waals surface area contributed by atoms with E-state index in [0.29, 0.717) is 0 Å². The van der Waals surface area contributed by atoms with Gasteiger partial charge in [-0.25, -0.2) is 0 Å². The van der Waals surface area contributed by atoms with Gasteiger partial charge in [0.25, 0.3) is 0 Å². The molecule has 4 aromatic rings. The summed E-state index contributed by atoms with van der Waals surface area (Å²) in [6.07, 6.45) is 0. The normalized spacial score (nSPS) is 13.0. The minimum absolute atomic E-state index is 0.174. The van der Waals surface area contributed by atoms with Crippen LogP contribution in [-0.2, 0) is 0 Å². The van der Waals surface area contributed by atoms with Crippen molar-refractivity contribution in [3.05, 3.63) is 69.4 Å². The van der Waals surface area contributed by atoms with Crippen LogP contribution in [0.2, 0.25) is 4.34 Å². The predicted molar refractivity (Wildman–Crippen MR) is 95.9 cm³/mol. The zero-order valence-corrected chi connectivity index (χ0v) is 14.1. The number of benzene rings is 2. The SMILES string of the molecule is Clc1ccc(C(Br)c2ccc3[nH]c4ccccc4c3c2)s1. The molecule has 0 amide bonds. The van der Waals surface area contributed by atoms with Crippen molar-refractivity contribution in [1.82, 2.24) is 4.98 Å². The molecular weight excluding hydrogens is 366 g/mol. The molecule has 2 aromatic carbocycles. The molecule has 1 nitrogen and oxygen atoms in total. The van der Waals surface area contributed by atoms with Crippen molar-refractivity contribution in [2.75, 3.05) is 0 Å². The highest BCUT2D eigenvalue weighted by molar-refractivity contribution is 9.09. The Morgan fingerprint density at radius 3 is 2.57 bits per heavy atom. The number of aromatic amines is 1. The van der Waals surface area contributed by atoms with Crippen LogP contribution in [0.25, 0.3) is 21.8 Å². The maximum absolute atomic E-state index is 6.04. The number of hydrogen-bond donors (Lipinski definition) is 1. The summed E-state index contributed by atoms with van der Waals surface area (Å²) in [6, 6.07) is 19.0. The van der Waals surface area contributed by atoms with Crippen LogP contribution in [0.1, 0.15) is 15.3 Å². The van der Waals surface area contributed by atoms with Crippen LogP contribution in [-0.4, -0.2) is 4.98 Å². The van der Waals surface area contributed by atoms with Crippen molar-refractivity contribution >= 4 is 60.7 Å². The summed E-state index contributed by atoms with van der Waals surface area (Å²) >= 11 is 11.4. The van der Waals surface area contributed by atoms with E-state index in [4.69, 9.17) is 11.6 Å². The highest BCUT2D eigenvalue weighted by Crippen LogP contribution is 2.38. The number of rotatable bonds is 2. The molecule has 21 heavy (non-hydrogen) atoms. The number of thiophene rings is 1. The number of fused-ring (bicyclic) bond motifs is 3. The first kappa shape index (κ1) is 13.4. The van der Waals surface area contributed by atoms with Crippen LogP contribution in [0.15, 0.2) is 54.6 Å². The Bertz CT molecular complexity index is 940. The topological polar surface area (TPSA) is 15.8 Å². The van der Waals surface area contributed by atoms with E-state index >= 15 is 0 Å². The van der Waals surface area contributed by atoms with Gasteiger partial charge in [-0.15, -0.1) is 11.3 Å². The quantitative estimate of drug-likeness (QED) is 0.383. The van der Waals surface area contributed by atoms with Crippen LogP contribution < -0.4 is 0 Å². The fourth-order valence-corrected chi connectivity index (χ4v) is 4.44. The standard InChI is InChI=1S/C17H11BrClNS/c18-17(15-7-8-16(19)21-15)10-5-6-14-12(9-10)11-3-1-2-4-13(11)20-14/h1-9,17,20H. The molecule has 0 aliphatic rings. The van der Waals surface area contributed by atoms with E-state index in [0.717, 1.165) is 4.34 Å². The number of para-hydroxylation sites is 1. The van der Waals surface area contributed by atoms with Crippen LogP contribution in [0.4, 0.5) is 0 Å². The van der Waals surface area contributed by atoms with E-state index in [1.54, 1.807) is 11.3 Å². The fraction of sp³-hybridized carbons (Fsp3) is 0.0588. The number of hydrogen-bond acceptors (Lipinski definition) is 1. The molecule has 4 rings (SSSR count). The molecule has 0 radical (unpaired) electrons. The van der Waals surface area contributed by atoms with Crippen molar-refractivity contribution in [2.24, 2.45) is 0 Å². The molecule has 0 saturated carbocycles. The first-order valence-corrected chi connectivity index (χ1v) is 8.73. The van der Waals surface area contributed by atoms with Gasteiger partial charge in [-0.3, -0.25) is 0 Å². The maximum Gasteiger partial charge on any atom is 0.0931 e. The Kier molecular flexibility index (Phi) is 3.29. The third kappa shape index (κ3) is 2.30. The minimum Gasteiger partial charge on any atom is -0.355 e. The van der Waals surface area contributed by atoms with Crippen molar-refractivity contribution < 1.29 is 0 Å². The van der Waals surface area contributed by atoms with E-state index in [1.807, 2.05) is 6.07 Å². The van der Waals surface area contributed by atoms with Crippen molar-refractivity contribution in [3.63, 3.8) is 0 Å². The van der Waals surface area contributed by atoms with Gasteiger partial charge < -0.3 is 4.98 Å². The van der Waals surface area contributed by atoms with Crippen molar-refractivity contribution in [1.29, 1.82) is 0 Å². The summed E-state index contributed by atoms with van der Waals surface area (Å²) in [4.78, 5) is 4.85. The molecule has 104 valence electrons. The molecule has 0 aliphatic carbocycles. The van der Waals surface area contributed by atoms with Crippen molar-refractivity contribution in [3.8, 4) is 0 Å². The highest BCUT2D eigenvalue weighted by Gasteiger charge is 2.14. The lowest BCUT2D eigenvalue weighted by Crippen LogP contribution is -1.88. The first-order valence-electron chi connectivity index (χ1n) is 6.62. The van der Waals surface area contributed by atoms with E-state index in [2.05, 4.69) is 69.4 Å². The van der Waals surface area contributed by atoms with Gasteiger partial charge in [-0.1, -0.05) is 51.8 Å². The molecule has 0 bridgehead atoms. The maximum atomic E-state index is 6.04. The number of aromatic nitrogens is 1. The Hall–Kier alpha value is -1.29. The molecular formula is C17H11BrClNS. The second-order valence-electron chi connectivity index (χ2n) is 4.98.